The summed E-state index contributed by atoms with van der Waals surface area (Å²) in [6.07, 6.45) is 0.0679. The molecule has 1 aromatic carbocycles. The van der Waals surface area contributed by atoms with Gasteiger partial charge in [-0.05, 0) is 22.0 Å². The number of hydrogen-bond acceptors (Lipinski definition) is 2. The number of nitriles is 1. The Kier molecular flexibility index (Phi) is 2.22. The first-order valence-corrected chi connectivity index (χ1v) is 4.70. The number of aromatic nitrogens is 2. The zero-order chi connectivity index (χ0) is 10.1. The van der Waals surface area contributed by atoms with Crippen molar-refractivity contribution in [1.29, 1.82) is 5.26 Å². The van der Waals surface area contributed by atoms with Crippen molar-refractivity contribution in [3.8, 4) is 6.07 Å². The first kappa shape index (κ1) is 9.16. The van der Waals surface area contributed by atoms with Crippen LogP contribution in [0.1, 0.15) is 5.56 Å². The van der Waals surface area contributed by atoms with Gasteiger partial charge in [0, 0.05) is 11.6 Å². The van der Waals surface area contributed by atoms with Crippen molar-refractivity contribution in [2.45, 2.75) is 6.42 Å². The van der Waals surface area contributed by atoms with Gasteiger partial charge in [-0.25, -0.2) is 9.37 Å². The van der Waals surface area contributed by atoms with E-state index in [0.717, 1.165) is 5.52 Å². The smallest absolute Gasteiger partial charge is 0.175 e. The molecular formula is C9H5BrFN3. The van der Waals surface area contributed by atoms with E-state index in [9.17, 15) is 4.39 Å². The lowest BCUT2D eigenvalue weighted by molar-refractivity contribution is 0.617. The number of nitrogens with one attached hydrogen (secondary N) is 1. The maximum Gasteiger partial charge on any atom is 0.175 e. The lowest BCUT2D eigenvalue weighted by Crippen LogP contribution is -1.88. The molecule has 0 spiro atoms. The van der Waals surface area contributed by atoms with Crippen molar-refractivity contribution in [2.75, 3.05) is 0 Å². The molecule has 3 nitrogen and oxygen atoms in total. The summed E-state index contributed by atoms with van der Waals surface area (Å²) in [7, 11) is 0. The summed E-state index contributed by atoms with van der Waals surface area (Å²) in [4.78, 5) is 6.93. The van der Waals surface area contributed by atoms with Gasteiger partial charge in [0.25, 0.3) is 0 Å². The molecule has 0 unspecified atom stereocenters. The average molecular weight is 254 g/mol. The third kappa shape index (κ3) is 1.49. The Balaban J connectivity index is 2.65. The van der Waals surface area contributed by atoms with Crippen LogP contribution in [0.3, 0.4) is 0 Å². The molecule has 70 valence electrons. The molecule has 0 saturated carbocycles. The number of benzene rings is 1. The lowest BCUT2D eigenvalue weighted by atomic mass is 10.1. The van der Waals surface area contributed by atoms with Crippen LogP contribution in [0.15, 0.2) is 16.9 Å². The Bertz CT molecular complexity index is 527. The fraction of sp³-hybridized carbons (Fsp3) is 0.111. The predicted molar refractivity (Wildman–Crippen MR) is 53.1 cm³/mol. The highest BCUT2D eigenvalue weighted by molar-refractivity contribution is 9.10. The summed E-state index contributed by atoms with van der Waals surface area (Å²) in [6.45, 7) is 0. The van der Waals surface area contributed by atoms with Gasteiger partial charge < -0.3 is 4.98 Å². The number of rotatable bonds is 1. The molecule has 1 heterocycles. The minimum absolute atomic E-state index is 0.0679. The van der Waals surface area contributed by atoms with Gasteiger partial charge in [-0.3, -0.25) is 0 Å². The highest BCUT2D eigenvalue weighted by atomic mass is 79.9. The molecule has 1 aromatic heterocycles. The summed E-state index contributed by atoms with van der Waals surface area (Å²) in [5, 5.41) is 8.47. The number of fused-ring (bicyclic) bond motifs is 1. The van der Waals surface area contributed by atoms with Gasteiger partial charge >= 0.3 is 0 Å². The molecule has 14 heavy (non-hydrogen) atoms. The largest absolute Gasteiger partial charge is 0.332 e. The normalized spacial score (nSPS) is 10.4. The van der Waals surface area contributed by atoms with E-state index in [-0.39, 0.29) is 6.42 Å². The van der Waals surface area contributed by atoms with E-state index in [1.54, 1.807) is 6.07 Å². The monoisotopic (exact) mass is 253 g/mol. The highest BCUT2D eigenvalue weighted by Crippen LogP contribution is 2.19. The second-order valence-electron chi connectivity index (χ2n) is 2.82. The van der Waals surface area contributed by atoms with Crippen LogP contribution in [0.2, 0.25) is 0 Å². The third-order valence-corrected chi connectivity index (χ3v) is 2.27. The Morgan fingerprint density at radius 2 is 2.36 bits per heavy atom. The van der Waals surface area contributed by atoms with E-state index in [1.807, 2.05) is 6.07 Å². The molecular weight excluding hydrogens is 249 g/mol. The standard InChI is InChI=1S/C9H5BrFN3/c10-9-13-7-3-5(1-2-12)6(11)4-8(7)14-9/h3-4H,1H2,(H,13,14). The van der Waals surface area contributed by atoms with Gasteiger partial charge in [0.2, 0.25) is 0 Å². The third-order valence-electron chi connectivity index (χ3n) is 1.89. The van der Waals surface area contributed by atoms with E-state index >= 15 is 0 Å². The Morgan fingerprint density at radius 1 is 1.57 bits per heavy atom. The molecule has 1 N–H and O–H groups in total. The molecule has 0 aliphatic heterocycles. The molecule has 0 atom stereocenters. The molecule has 0 fully saturated rings. The van der Waals surface area contributed by atoms with Gasteiger partial charge in [-0.1, -0.05) is 0 Å². The van der Waals surface area contributed by atoms with Crippen LogP contribution >= 0.6 is 15.9 Å². The number of aromatic amines is 1. The average Bonchev–Trinajstić information content (AvgIpc) is 2.45. The molecule has 0 amide bonds. The number of halogens is 2. The minimum atomic E-state index is -0.391. The van der Waals surface area contributed by atoms with Crippen LogP contribution in [-0.4, -0.2) is 9.97 Å². The SMILES string of the molecule is N#CCc1cc2[nH]c(Br)nc2cc1F. The van der Waals surface area contributed by atoms with Gasteiger partial charge in [-0.15, -0.1) is 0 Å². The molecule has 0 radical (unpaired) electrons. The van der Waals surface area contributed by atoms with Crippen LogP contribution in [0, 0.1) is 17.1 Å². The van der Waals surface area contributed by atoms with Crippen molar-refractivity contribution < 1.29 is 4.39 Å². The molecule has 0 bridgehead atoms. The summed E-state index contributed by atoms with van der Waals surface area (Å²) in [5.74, 6) is -0.391. The maximum atomic E-state index is 13.3. The van der Waals surface area contributed by atoms with Crippen molar-refractivity contribution in [3.63, 3.8) is 0 Å². The van der Waals surface area contributed by atoms with Crippen LogP contribution in [0.5, 0.6) is 0 Å². The van der Waals surface area contributed by atoms with E-state index in [0.29, 0.717) is 15.8 Å². The molecule has 2 aromatic rings. The van der Waals surface area contributed by atoms with Crippen LogP contribution in [-0.2, 0) is 6.42 Å². The Morgan fingerprint density at radius 3 is 3.07 bits per heavy atom. The van der Waals surface area contributed by atoms with Gasteiger partial charge in [0.1, 0.15) is 5.82 Å². The molecule has 2 rings (SSSR count). The Labute approximate surface area is 87.7 Å². The van der Waals surface area contributed by atoms with Crippen LogP contribution in [0.25, 0.3) is 11.0 Å². The fourth-order valence-electron chi connectivity index (χ4n) is 1.27. The summed E-state index contributed by atoms with van der Waals surface area (Å²) in [5.41, 5.74) is 1.66. The number of imidazole rings is 1. The first-order chi connectivity index (χ1) is 6.70. The fourth-order valence-corrected chi connectivity index (χ4v) is 1.67. The molecule has 5 heteroatoms. The highest BCUT2D eigenvalue weighted by Gasteiger charge is 2.07. The lowest BCUT2D eigenvalue weighted by Gasteiger charge is -1.96. The van der Waals surface area contributed by atoms with E-state index in [1.165, 1.54) is 6.07 Å². The molecule has 0 saturated heterocycles. The van der Waals surface area contributed by atoms with Crippen molar-refractivity contribution >= 4 is 27.0 Å². The topological polar surface area (TPSA) is 52.5 Å². The second-order valence-corrected chi connectivity index (χ2v) is 3.57. The molecule has 0 aliphatic carbocycles. The quantitative estimate of drug-likeness (QED) is 0.850. The first-order valence-electron chi connectivity index (χ1n) is 3.91. The second kappa shape index (κ2) is 3.39. The maximum absolute atomic E-state index is 13.3. The van der Waals surface area contributed by atoms with E-state index in [2.05, 4.69) is 25.9 Å². The number of nitrogens with zero attached hydrogens (tertiary/aromatic N) is 2. The van der Waals surface area contributed by atoms with E-state index < -0.39 is 5.82 Å². The molecule has 0 aliphatic rings. The van der Waals surface area contributed by atoms with Crippen molar-refractivity contribution in [1.82, 2.24) is 9.97 Å². The predicted octanol–water partition coefficient (Wildman–Crippen LogP) is 2.53. The van der Waals surface area contributed by atoms with Gasteiger partial charge in [0.05, 0.1) is 23.5 Å². The van der Waals surface area contributed by atoms with Crippen molar-refractivity contribution in [3.05, 3.63) is 28.2 Å². The number of H-pyrrole nitrogens is 1. The Hall–Kier alpha value is -1.41. The van der Waals surface area contributed by atoms with E-state index in [4.69, 9.17) is 5.26 Å². The zero-order valence-corrected chi connectivity index (χ0v) is 8.60. The van der Waals surface area contributed by atoms with Gasteiger partial charge in [0.15, 0.2) is 4.73 Å². The number of hydrogen-bond donors (Lipinski definition) is 1. The summed E-state index contributed by atoms with van der Waals surface area (Å²) in [6, 6.07) is 4.84. The van der Waals surface area contributed by atoms with Crippen molar-refractivity contribution in [2.24, 2.45) is 0 Å². The summed E-state index contributed by atoms with van der Waals surface area (Å²) >= 11 is 3.16. The summed E-state index contributed by atoms with van der Waals surface area (Å²) < 4.78 is 13.9. The van der Waals surface area contributed by atoms with Gasteiger partial charge in [-0.2, -0.15) is 5.26 Å². The minimum Gasteiger partial charge on any atom is -0.332 e. The van der Waals surface area contributed by atoms with Crippen LogP contribution < -0.4 is 0 Å². The zero-order valence-electron chi connectivity index (χ0n) is 7.01. The van der Waals surface area contributed by atoms with Crippen LogP contribution in [0.4, 0.5) is 4.39 Å².